The number of benzene rings is 1. The maximum atomic E-state index is 6.32. The predicted molar refractivity (Wildman–Crippen MR) is 105 cm³/mol. The van der Waals surface area contributed by atoms with Crippen LogP contribution in [0.5, 0.6) is 5.75 Å². The van der Waals surface area contributed by atoms with Crippen molar-refractivity contribution in [2.45, 2.75) is 57.3 Å². The number of halogens is 1. The third-order valence-corrected chi connectivity index (χ3v) is 5.52. The van der Waals surface area contributed by atoms with Crippen molar-refractivity contribution >= 4 is 22.6 Å². The molecule has 2 heterocycles. The average molecular weight is 478 g/mol. The first-order valence-electron chi connectivity index (χ1n) is 8.86. The van der Waals surface area contributed by atoms with Crippen LogP contribution in [0.1, 0.15) is 26.3 Å². The first-order valence-corrected chi connectivity index (χ1v) is 10.4. The van der Waals surface area contributed by atoms with E-state index in [4.69, 9.17) is 28.4 Å². The van der Waals surface area contributed by atoms with Gasteiger partial charge in [0.25, 0.3) is 0 Å². The van der Waals surface area contributed by atoms with E-state index in [2.05, 4.69) is 22.6 Å². The predicted octanol–water partition coefficient (Wildman–Crippen LogP) is 3.30. The molecule has 146 valence electrons. The van der Waals surface area contributed by atoms with E-state index < -0.39 is 17.7 Å². The summed E-state index contributed by atoms with van der Waals surface area (Å²) >= 11 is 2.31. The lowest BCUT2D eigenvalue weighted by molar-refractivity contribution is -0.240. The zero-order chi connectivity index (χ0) is 18.8. The van der Waals surface area contributed by atoms with Crippen molar-refractivity contribution in [1.82, 2.24) is 0 Å². The molecular weight excluding hydrogens is 451 g/mol. The molecule has 2 saturated heterocycles. The molecule has 0 N–H and O–H groups in total. The number of hydrogen-bond donors (Lipinski definition) is 0. The molecule has 1 aromatic rings. The monoisotopic (exact) mass is 478 g/mol. The summed E-state index contributed by atoms with van der Waals surface area (Å²) < 4.78 is 36.5. The van der Waals surface area contributed by atoms with Gasteiger partial charge in [0.15, 0.2) is 17.7 Å². The van der Waals surface area contributed by atoms with E-state index in [0.717, 1.165) is 15.7 Å². The van der Waals surface area contributed by atoms with Gasteiger partial charge in [-0.15, -0.1) is 0 Å². The van der Waals surface area contributed by atoms with E-state index in [0.29, 0.717) is 19.8 Å². The molecule has 0 unspecified atom stereocenters. The Morgan fingerprint density at radius 1 is 1.19 bits per heavy atom. The fourth-order valence-electron chi connectivity index (χ4n) is 3.46. The molecule has 0 aromatic heterocycles. The Balaban J connectivity index is 1.78. The summed E-state index contributed by atoms with van der Waals surface area (Å²) in [6.07, 6.45) is -0.905. The Morgan fingerprint density at radius 2 is 1.92 bits per heavy atom. The first kappa shape index (κ1) is 20.3. The first-order chi connectivity index (χ1) is 12.4. The van der Waals surface area contributed by atoms with Crippen LogP contribution in [0.25, 0.3) is 0 Å². The fraction of sp³-hybridized carbons (Fsp3) is 0.684. The summed E-state index contributed by atoms with van der Waals surface area (Å²) in [6.45, 7) is 7.13. The van der Waals surface area contributed by atoms with Gasteiger partial charge in [0.2, 0.25) is 0 Å². The van der Waals surface area contributed by atoms with Crippen LogP contribution in [0.4, 0.5) is 0 Å². The van der Waals surface area contributed by atoms with Crippen molar-refractivity contribution in [3.05, 3.63) is 29.8 Å². The second-order valence-electron chi connectivity index (χ2n) is 6.94. The van der Waals surface area contributed by atoms with Crippen molar-refractivity contribution in [2.24, 2.45) is 0 Å². The van der Waals surface area contributed by atoms with Crippen LogP contribution < -0.4 is 4.74 Å². The number of rotatable bonds is 7. The number of alkyl halides is 1. The minimum atomic E-state index is -0.762. The smallest absolute Gasteiger partial charge is 0.192 e. The van der Waals surface area contributed by atoms with E-state index in [9.17, 15) is 0 Å². The molecule has 2 fully saturated rings. The third kappa shape index (κ3) is 4.02. The van der Waals surface area contributed by atoms with E-state index in [1.807, 2.05) is 45.0 Å². The molecule has 7 heteroatoms. The highest BCUT2D eigenvalue weighted by atomic mass is 127. The second-order valence-corrected chi connectivity index (χ2v) is 7.82. The maximum Gasteiger partial charge on any atom is 0.192 e. The molecule has 0 saturated carbocycles. The van der Waals surface area contributed by atoms with Gasteiger partial charge in [-0.1, -0.05) is 34.7 Å². The molecule has 0 amide bonds. The molecule has 4 atom stereocenters. The molecule has 0 radical (unpaired) electrons. The Hall–Kier alpha value is -0.450. The van der Waals surface area contributed by atoms with E-state index in [1.165, 1.54) is 0 Å². The van der Waals surface area contributed by atoms with Gasteiger partial charge in [0.1, 0.15) is 11.9 Å². The molecule has 1 spiro atoms. The SMILES string of the molecule is CCO[C@H]1O[C@H](CI)[C@@H](OCc2ccc(OC)cc2)[C@@]12COC(C)(C)O2. The van der Waals surface area contributed by atoms with Crippen molar-refractivity contribution in [2.75, 3.05) is 24.8 Å². The van der Waals surface area contributed by atoms with Crippen molar-refractivity contribution < 1.29 is 28.4 Å². The topological polar surface area (TPSA) is 55.4 Å². The zero-order valence-corrected chi connectivity index (χ0v) is 17.9. The number of ether oxygens (including phenoxy) is 6. The van der Waals surface area contributed by atoms with Gasteiger partial charge >= 0.3 is 0 Å². The van der Waals surface area contributed by atoms with Crippen molar-refractivity contribution in [3.63, 3.8) is 0 Å². The van der Waals surface area contributed by atoms with Crippen LogP contribution >= 0.6 is 22.6 Å². The second kappa shape index (κ2) is 8.28. The molecule has 2 aliphatic rings. The highest BCUT2D eigenvalue weighted by Crippen LogP contribution is 2.45. The lowest BCUT2D eigenvalue weighted by atomic mass is 9.96. The summed E-state index contributed by atoms with van der Waals surface area (Å²) in [7, 11) is 1.66. The normalized spacial score (nSPS) is 33.0. The summed E-state index contributed by atoms with van der Waals surface area (Å²) in [5, 5.41) is 0. The van der Waals surface area contributed by atoms with Gasteiger partial charge in [-0.3, -0.25) is 0 Å². The van der Waals surface area contributed by atoms with E-state index in [-0.39, 0.29) is 12.2 Å². The standard InChI is InChI=1S/C19H27IO6/c1-5-22-17-19(12-24-18(2,3)26-19)16(15(10-20)25-17)23-11-13-6-8-14(21-4)9-7-13/h6-9,15-17H,5,10-12H2,1-4H3/t15-,16-,17+,19+/m1/s1. The van der Waals surface area contributed by atoms with Gasteiger partial charge in [-0.25, -0.2) is 0 Å². The maximum absolute atomic E-state index is 6.32. The minimum Gasteiger partial charge on any atom is -0.497 e. The number of methoxy groups -OCH3 is 1. The Kier molecular flexibility index (Phi) is 6.46. The van der Waals surface area contributed by atoms with Gasteiger partial charge < -0.3 is 28.4 Å². The molecule has 3 rings (SSSR count). The third-order valence-electron chi connectivity index (χ3n) is 4.66. The molecule has 6 nitrogen and oxygen atoms in total. The lowest BCUT2D eigenvalue weighted by Crippen LogP contribution is -2.53. The molecule has 1 aromatic carbocycles. The van der Waals surface area contributed by atoms with Crippen LogP contribution in [-0.2, 0) is 30.3 Å². The molecule has 0 bridgehead atoms. The summed E-state index contributed by atoms with van der Waals surface area (Å²) in [5.41, 5.74) is 0.299. The highest BCUT2D eigenvalue weighted by Gasteiger charge is 2.64. The van der Waals surface area contributed by atoms with Gasteiger partial charge in [0.05, 0.1) is 26.4 Å². The molecule has 2 aliphatic heterocycles. The van der Waals surface area contributed by atoms with Gasteiger partial charge in [-0.2, -0.15) is 0 Å². The van der Waals surface area contributed by atoms with Crippen LogP contribution in [0.3, 0.4) is 0 Å². The van der Waals surface area contributed by atoms with E-state index in [1.54, 1.807) is 7.11 Å². The van der Waals surface area contributed by atoms with Crippen molar-refractivity contribution in [1.29, 1.82) is 0 Å². The van der Waals surface area contributed by atoms with Gasteiger partial charge in [0, 0.05) is 11.0 Å². The fourth-order valence-corrected chi connectivity index (χ4v) is 4.13. The van der Waals surface area contributed by atoms with Crippen LogP contribution in [0.2, 0.25) is 0 Å². The zero-order valence-electron chi connectivity index (χ0n) is 15.7. The average Bonchev–Trinajstić information content (AvgIpc) is 3.11. The molecular formula is C19H27IO6. The van der Waals surface area contributed by atoms with Crippen molar-refractivity contribution in [3.8, 4) is 5.75 Å². The lowest BCUT2D eigenvalue weighted by Gasteiger charge is -2.33. The highest BCUT2D eigenvalue weighted by molar-refractivity contribution is 14.1. The summed E-state index contributed by atoms with van der Waals surface area (Å²) in [6, 6.07) is 7.85. The number of hydrogen-bond acceptors (Lipinski definition) is 6. The largest absolute Gasteiger partial charge is 0.497 e. The summed E-state index contributed by atoms with van der Waals surface area (Å²) in [5.74, 6) is 0.130. The Bertz CT molecular complexity index is 592. The Labute approximate surface area is 168 Å². The van der Waals surface area contributed by atoms with Crippen LogP contribution in [-0.4, -0.2) is 54.6 Å². The summed E-state index contributed by atoms with van der Waals surface area (Å²) in [4.78, 5) is 0. The minimum absolute atomic E-state index is 0.122. The van der Waals surface area contributed by atoms with Crippen LogP contribution in [0.15, 0.2) is 24.3 Å². The quantitative estimate of drug-likeness (QED) is 0.443. The molecule has 0 aliphatic carbocycles. The Morgan fingerprint density at radius 3 is 2.46 bits per heavy atom. The van der Waals surface area contributed by atoms with E-state index >= 15 is 0 Å². The molecule has 26 heavy (non-hydrogen) atoms. The van der Waals surface area contributed by atoms with Gasteiger partial charge in [-0.05, 0) is 38.5 Å². The van der Waals surface area contributed by atoms with Crippen LogP contribution in [0, 0.1) is 0 Å².